The van der Waals surface area contributed by atoms with Crippen LogP contribution in [-0.4, -0.2) is 24.3 Å². The Balaban J connectivity index is 2.36. The van der Waals surface area contributed by atoms with Crippen molar-refractivity contribution in [2.75, 3.05) is 12.3 Å². The van der Waals surface area contributed by atoms with E-state index in [1.165, 1.54) is 10.4 Å². The molecule has 2 aromatic rings. The molecule has 0 unspecified atom stereocenters. The molecule has 1 heterocycles. The SMILES string of the molecule is CCN(Cc1ccncc1)S(=O)(=O)c1ccc(F)cc1N. The quantitative estimate of drug-likeness (QED) is 0.857. The van der Waals surface area contributed by atoms with Gasteiger partial charge in [0.1, 0.15) is 10.7 Å². The van der Waals surface area contributed by atoms with E-state index >= 15 is 0 Å². The third-order valence-corrected chi connectivity index (χ3v) is 5.05. The minimum Gasteiger partial charge on any atom is -0.398 e. The molecule has 0 saturated carbocycles. The Labute approximate surface area is 123 Å². The molecule has 21 heavy (non-hydrogen) atoms. The van der Waals surface area contributed by atoms with Gasteiger partial charge in [-0.3, -0.25) is 4.98 Å². The van der Waals surface area contributed by atoms with Crippen molar-refractivity contribution in [3.63, 3.8) is 0 Å². The highest BCUT2D eigenvalue weighted by Gasteiger charge is 2.25. The van der Waals surface area contributed by atoms with Gasteiger partial charge < -0.3 is 5.73 Å². The molecule has 1 aromatic carbocycles. The summed E-state index contributed by atoms with van der Waals surface area (Å²) in [5, 5.41) is 0. The molecule has 5 nitrogen and oxygen atoms in total. The normalized spacial score (nSPS) is 11.8. The molecule has 2 N–H and O–H groups in total. The van der Waals surface area contributed by atoms with E-state index in [4.69, 9.17) is 5.73 Å². The molecule has 0 radical (unpaired) electrons. The smallest absolute Gasteiger partial charge is 0.245 e. The van der Waals surface area contributed by atoms with Crippen molar-refractivity contribution in [2.45, 2.75) is 18.4 Å². The van der Waals surface area contributed by atoms with Crippen LogP contribution < -0.4 is 5.73 Å². The van der Waals surface area contributed by atoms with Crippen LogP contribution in [0.2, 0.25) is 0 Å². The fraction of sp³-hybridized carbons (Fsp3) is 0.214. The van der Waals surface area contributed by atoms with Crippen LogP contribution in [0, 0.1) is 5.82 Å². The van der Waals surface area contributed by atoms with E-state index in [1.54, 1.807) is 31.5 Å². The second-order valence-corrected chi connectivity index (χ2v) is 6.38. The van der Waals surface area contributed by atoms with Gasteiger partial charge in [-0.05, 0) is 35.9 Å². The van der Waals surface area contributed by atoms with Gasteiger partial charge in [0.25, 0.3) is 0 Å². The Morgan fingerprint density at radius 2 is 1.90 bits per heavy atom. The molecule has 0 aliphatic rings. The maximum absolute atomic E-state index is 13.1. The molecule has 7 heteroatoms. The number of nitrogen functional groups attached to an aromatic ring is 1. The number of anilines is 1. The van der Waals surface area contributed by atoms with Crippen molar-refractivity contribution < 1.29 is 12.8 Å². The minimum atomic E-state index is -3.78. The van der Waals surface area contributed by atoms with Crippen molar-refractivity contribution in [3.8, 4) is 0 Å². The average Bonchev–Trinajstić information content (AvgIpc) is 2.45. The van der Waals surface area contributed by atoms with Gasteiger partial charge >= 0.3 is 0 Å². The van der Waals surface area contributed by atoms with E-state index in [-0.39, 0.29) is 23.7 Å². The van der Waals surface area contributed by atoms with Gasteiger partial charge in [0.05, 0.1) is 5.69 Å². The topological polar surface area (TPSA) is 76.3 Å². The number of hydrogen-bond donors (Lipinski definition) is 1. The van der Waals surface area contributed by atoms with Crippen LogP contribution >= 0.6 is 0 Å². The first-order valence-corrected chi connectivity index (χ1v) is 7.83. The summed E-state index contributed by atoms with van der Waals surface area (Å²) in [5.74, 6) is -0.566. The monoisotopic (exact) mass is 309 g/mol. The Morgan fingerprint density at radius 1 is 1.24 bits per heavy atom. The van der Waals surface area contributed by atoms with Gasteiger partial charge in [-0.25, -0.2) is 12.8 Å². The van der Waals surface area contributed by atoms with Crippen LogP contribution in [0.1, 0.15) is 12.5 Å². The Hall–Kier alpha value is -1.99. The number of nitrogens with two attached hydrogens (primary N) is 1. The molecular weight excluding hydrogens is 293 g/mol. The van der Waals surface area contributed by atoms with Gasteiger partial charge in [-0.15, -0.1) is 0 Å². The molecule has 0 bridgehead atoms. The summed E-state index contributed by atoms with van der Waals surface area (Å²) in [5.41, 5.74) is 6.36. The van der Waals surface area contributed by atoms with Crippen molar-refractivity contribution in [2.24, 2.45) is 0 Å². The van der Waals surface area contributed by atoms with Gasteiger partial charge in [-0.1, -0.05) is 6.92 Å². The van der Waals surface area contributed by atoms with Crippen molar-refractivity contribution in [1.29, 1.82) is 0 Å². The number of benzene rings is 1. The second-order valence-electron chi connectivity index (χ2n) is 4.47. The molecule has 0 aliphatic carbocycles. The van der Waals surface area contributed by atoms with Gasteiger partial charge in [0.15, 0.2) is 0 Å². The number of sulfonamides is 1. The summed E-state index contributed by atoms with van der Waals surface area (Å²) >= 11 is 0. The first-order valence-electron chi connectivity index (χ1n) is 6.39. The Kier molecular flexibility index (Phi) is 4.54. The van der Waals surface area contributed by atoms with Gasteiger partial charge in [0.2, 0.25) is 10.0 Å². The predicted molar refractivity (Wildman–Crippen MR) is 78.3 cm³/mol. The Morgan fingerprint density at radius 3 is 2.48 bits per heavy atom. The Bertz CT molecular complexity index is 720. The van der Waals surface area contributed by atoms with E-state index < -0.39 is 15.8 Å². The second kappa shape index (κ2) is 6.19. The van der Waals surface area contributed by atoms with E-state index in [2.05, 4.69) is 4.98 Å². The summed E-state index contributed by atoms with van der Waals surface area (Å²) in [6, 6.07) is 6.77. The highest BCUT2D eigenvalue weighted by atomic mass is 32.2. The lowest BCUT2D eigenvalue weighted by Gasteiger charge is -2.21. The van der Waals surface area contributed by atoms with Crippen molar-refractivity contribution in [3.05, 3.63) is 54.1 Å². The maximum Gasteiger partial charge on any atom is 0.245 e. The molecule has 0 amide bonds. The zero-order valence-corrected chi connectivity index (χ0v) is 12.3. The molecular formula is C14H16FN3O2S. The lowest BCUT2D eigenvalue weighted by atomic mass is 10.3. The third-order valence-electron chi connectivity index (χ3n) is 3.05. The summed E-state index contributed by atoms with van der Waals surface area (Å²) in [6.07, 6.45) is 3.20. The van der Waals surface area contributed by atoms with Crippen LogP contribution in [0.15, 0.2) is 47.6 Å². The molecule has 0 aliphatic heterocycles. The van der Waals surface area contributed by atoms with E-state index in [1.807, 2.05) is 0 Å². The number of halogens is 1. The summed E-state index contributed by atoms with van der Waals surface area (Å²) in [6.45, 7) is 2.22. The standard InChI is InChI=1S/C14H16FN3O2S/c1-2-18(10-11-5-7-17-8-6-11)21(19,20)14-4-3-12(15)9-13(14)16/h3-9H,2,10,16H2,1H3. The average molecular weight is 309 g/mol. The molecule has 0 spiro atoms. The number of pyridine rings is 1. The summed E-state index contributed by atoms with van der Waals surface area (Å²) in [4.78, 5) is 3.81. The van der Waals surface area contributed by atoms with Crippen LogP contribution in [-0.2, 0) is 16.6 Å². The van der Waals surface area contributed by atoms with E-state index in [9.17, 15) is 12.8 Å². The lowest BCUT2D eigenvalue weighted by Crippen LogP contribution is -2.31. The van der Waals surface area contributed by atoms with Crippen molar-refractivity contribution in [1.82, 2.24) is 9.29 Å². The maximum atomic E-state index is 13.1. The molecule has 1 aromatic heterocycles. The largest absolute Gasteiger partial charge is 0.398 e. The number of aromatic nitrogens is 1. The van der Waals surface area contributed by atoms with E-state index in [0.29, 0.717) is 0 Å². The fourth-order valence-corrected chi connectivity index (χ4v) is 3.49. The minimum absolute atomic E-state index is 0.0835. The number of rotatable bonds is 5. The molecule has 2 rings (SSSR count). The van der Waals surface area contributed by atoms with E-state index in [0.717, 1.165) is 17.7 Å². The molecule has 0 atom stereocenters. The zero-order chi connectivity index (χ0) is 15.5. The number of hydrogen-bond acceptors (Lipinski definition) is 4. The van der Waals surface area contributed by atoms with Crippen LogP contribution in [0.3, 0.4) is 0 Å². The fourth-order valence-electron chi connectivity index (χ4n) is 1.95. The van der Waals surface area contributed by atoms with Crippen molar-refractivity contribution >= 4 is 15.7 Å². The summed E-state index contributed by atoms with van der Waals surface area (Å²) in [7, 11) is -3.78. The first-order chi connectivity index (χ1) is 9.95. The predicted octanol–water partition coefficient (Wildman–Crippen LogP) is 2.01. The first kappa shape index (κ1) is 15.4. The molecule has 112 valence electrons. The number of nitrogens with zero attached hydrogens (tertiary/aromatic N) is 2. The third kappa shape index (κ3) is 3.37. The zero-order valence-electron chi connectivity index (χ0n) is 11.5. The van der Waals surface area contributed by atoms with Gasteiger partial charge in [-0.2, -0.15) is 4.31 Å². The highest BCUT2D eigenvalue weighted by Crippen LogP contribution is 2.24. The van der Waals surface area contributed by atoms with Gasteiger partial charge in [0, 0.05) is 25.5 Å². The van der Waals surface area contributed by atoms with Crippen LogP contribution in [0.25, 0.3) is 0 Å². The highest BCUT2D eigenvalue weighted by molar-refractivity contribution is 7.89. The van der Waals surface area contributed by atoms with Crippen LogP contribution in [0.5, 0.6) is 0 Å². The molecule has 0 saturated heterocycles. The van der Waals surface area contributed by atoms with Crippen LogP contribution in [0.4, 0.5) is 10.1 Å². The molecule has 0 fully saturated rings. The lowest BCUT2D eigenvalue weighted by molar-refractivity contribution is 0.423. The summed E-state index contributed by atoms with van der Waals surface area (Å²) < 4.78 is 39.6.